The number of benzene rings is 2. The van der Waals surface area contributed by atoms with Gasteiger partial charge in [0.15, 0.2) is 0 Å². The molecule has 0 spiro atoms. The summed E-state index contributed by atoms with van der Waals surface area (Å²) in [5, 5.41) is 10.7. The lowest BCUT2D eigenvalue weighted by Gasteiger charge is -2.21. The summed E-state index contributed by atoms with van der Waals surface area (Å²) in [6.07, 6.45) is 0.313. The molecular formula is C18H20N2O4. The second kappa shape index (κ2) is 7.59. The molecule has 0 aliphatic heterocycles. The Morgan fingerprint density at radius 1 is 1.21 bits per heavy atom. The van der Waals surface area contributed by atoms with Crippen molar-refractivity contribution in [2.24, 2.45) is 0 Å². The maximum Gasteiger partial charge on any atom is 0.269 e. The molecule has 2 aromatic rings. The molecule has 0 fully saturated rings. The van der Waals surface area contributed by atoms with Crippen LogP contribution in [-0.4, -0.2) is 25.0 Å². The van der Waals surface area contributed by atoms with Crippen LogP contribution in [0.5, 0.6) is 5.75 Å². The first-order valence-electron chi connectivity index (χ1n) is 7.58. The average Bonchev–Trinajstić information content (AvgIpc) is 2.60. The number of hydrogen-bond acceptors (Lipinski definition) is 4. The summed E-state index contributed by atoms with van der Waals surface area (Å²) in [6, 6.07) is 13.6. The number of anilines is 1. The number of methoxy groups -OCH3 is 1. The molecule has 24 heavy (non-hydrogen) atoms. The largest absolute Gasteiger partial charge is 0.496 e. The third-order valence-electron chi connectivity index (χ3n) is 3.97. The summed E-state index contributed by atoms with van der Waals surface area (Å²) >= 11 is 0. The van der Waals surface area contributed by atoms with E-state index < -0.39 is 4.92 Å². The van der Waals surface area contributed by atoms with E-state index in [0.29, 0.717) is 12.1 Å². The number of ether oxygens (including phenoxy) is 1. The van der Waals surface area contributed by atoms with Gasteiger partial charge in [0.05, 0.1) is 12.0 Å². The van der Waals surface area contributed by atoms with E-state index in [2.05, 4.69) is 0 Å². The van der Waals surface area contributed by atoms with E-state index in [0.717, 1.165) is 11.3 Å². The predicted octanol–water partition coefficient (Wildman–Crippen LogP) is 3.76. The molecule has 1 unspecified atom stereocenters. The van der Waals surface area contributed by atoms with Gasteiger partial charge < -0.3 is 9.64 Å². The fraction of sp³-hybridized carbons (Fsp3) is 0.278. The minimum Gasteiger partial charge on any atom is -0.496 e. The van der Waals surface area contributed by atoms with Crippen molar-refractivity contribution in [1.82, 2.24) is 0 Å². The number of non-ortho nitro benzene ring substituents is 1. The minimum absolute atomic E-state index is 0.00184. The summed E-state index contributed by atoms with van der Waals surface area (Å²) < 4.78 is 5.34. The topological polar surface area (TPSA) is 72.7 Å². The monoisotopic (exact) mass is 328 g/mol. The minimum atomic E-state index is -0.463. The van der Waals surface area contributed by atoms with Crippen molar-refractivity contribution in [2.75, 3.05) is 19.1 Å². The molecule has 0 bridgehead atoms. The molecule has 0 saturated carbocycles. The Labute approximate surface area is 140 Å². The lowest BCUT2D eigenvalue weighted by atomic mass is 9.96. The van der Waals surface area contributed by atoms with Gasteiger partial charge in [-0.3, -0.25) is 14.9 Å². The van der Waals surface area contributed by atoms with Gasteiger partial charge in [-0.05, 0) is 29.7 Å². The fourth-order valence-electron chi connectivity index (χ4n) is 2.52. The van der Waals surface area contributed by atoms with Crippen LogP contribution >= 0.6 is 0 Å². The molecule has 6 heteroatoms. The molecule has 0 saturated heterocycles. The third-order valence-corrected chi connectivity index (χ3v) is 3.97. The number of amides is 1. The van der Waals surface area contributed by atoms with E-state index >= 15 is 0 Å². The normalized spacial score (nSPS) is 11.6. The van der Waals surface area contributed by atoms with E-state index in [1.807, 2.05) is 31.2 Å². The quantitative estimate of drug-likeness (QED) is 0.598. The predicted molar refractivity (Wildman–Crippen MR) is 92.5 cm³/mol. The van der Waals surface area contributed by atoms with Crippen LogP contribution < -0.4 is 9.64 Å². The van der Waals surface area contributed by atoms with Crippen molar-refractivity contribution in [3.05, 3.63) is 64.2 Å². The number of carbonyl (C=O) groups is 1. The van der Waals surface area contributed by atoms with Crippen molar-refractivity contribution in [1.29, 1.82) is 0 Å². The van der Waals surface area contributed by atoms with Crippen LogP contribution in [0.4, 0.5) is 11.4 Å². The van der Waals surface area contributed by atoms with Crippen molar-refractivity contribution in [2.45, 2.75) is 19.3 Å². The molecule has 0 heterocycles. The lowest BCUT2D eigenvalue weighted by Crippen LogP contribution is -2.27. The molecule has 2 aromatic carbocycles. The number of para-hydroxylation sites is 1. The summed E-state index contributed by atoms with van der Waals surface area (Å²) in [4.78, 5) is 24.2. The van der Waals surface area contributed by atoms with Gasteiger partial charge in [-0.25, -0.2) is 0 Å². The van der Waals surface area contributed by atoms with Gasteiger partial charge in [0, 0.05) is 31.3 Å². The Balaban J connectivity index is 2.09. The zero-order chi connectivity index (χ0) is 17.7. The molecule has 0 aliphatic carbocycles. The summed E-state index contributed by atoms with van der Waals surface area (Å²) in [5.41, 5.74) is 1.60. The van der Waals surface area contributed by atoms with Crippen molar-refractivity contribution in [3.63, 3.8) is 0 Å². The van der Waals surface area contributed by atoms with E-state index in [1.54, 1.807) is 26.3 Å². The summed E-state index contributed by atoms with van der Waals surface area (Å²) in [5.74, 6) is 0.687. The number of nitro groups is 1. The van der Waals surface area contributed by atoms with Crippen molar-refractivity contribution < 1.29 is 14.5 Å². The highest BCUT2D eigenvalue weighted by atomic mass is 16.6. The molecule has 1 amide bonds. The number of hydrogen-bond donors (Lipinski definition) is 0. The number of nitro benzene ring substituents is 1. The number of rotatable bonds is 6. The first-order chi connectivity index (χ1) is 11.4. The van der Waals surface area contributed by atoms with Gasteiger partial charge >= 0.3 is 0 Å². The highest BCUT2D eigenvalue weighted by Gasteiger charge is 2.19. The molecule has 0 aliphatic rings. The van der Waals surface area contributed by atoms with Crippen molar-refractivity contribution in [3.8, 4) is 5.75 Å². The van der Waals surface area contributed by atoms with E-state index in [4.69, 9.17) is 4.74 Å². The van der Waals surface area contributed by atoms with Gasteiger partial charge in [-0.2, -0.15) is 0 Å². The third kappa shape index (κ3) is 3.90. The maximum atomic E-state index is 12.5. The second-order valence-electron chi connectivity index (χ2n) is 5.57. The Hall–Kier alpha value is -2.89. The Bertz CT molecular complexity index is 728. The van der Waals surface area contributed by atoms with Crippen molar-refractivity contribution >= 4 is 17.3 Å². The van der Waals surface area contributed by atoms with E-state index in [9.17, 15) is 14.9 Å². The van der Waals surface area contributed by atoms with E-state index in [1.165, 1.54) is 17.0 Å². The van der Waals surface area contributed by atoms with Gasteiger partial charge in [0.25, 0.3) is 5.69 Å². The molecule has 0 N–H and O–H groups in total. The van der Waals surface area contributed by atoms with Crippen LogP contribution in [0, 0.1) is 10.1 Å². The molecule has 6 nitrogen and oxygen atoms in total. The number of nitrogens with zero attached hydrogens (tertiary/aromatic N) is 2. The number of carbonyl (C=O) groups excluding carboxylic acids is 1. The molecular weight excluding hydrogens is 308 g/mol. The standard InChI is InChI=1S/C18H20N2O4/c1-13(16-6-4-5-7-17(16)24-3)12-18(21)19(2)14-8-10-15(11-9-14)20(22)23/h4-11,13H,12H2,1-3H3. The average molecular weight is 328 g/mol. The SMILES string of the molecule is COc1ccccc1C(C)CC(=O)N(C)c1ccc([N+](=O)[O-])cc1. The smallest absolute Gasteiger partial charge is 0.269 e. The lowest BCUT2D eigenvalue weighted by molar-refractivity contribution is -0.384. The molecule has 0 aromatic heterocycles. The zero-order valence-corrected chi connectivity index (χ0v) is 13.9. The zero-order valence-electron chi connectivity index (χ0n) is 13.9. The van der Waals surface area contributed by atoms with Gasteiger partial charge in [0.2, 0.25) is 5.91 Å². The van der Waals surface area contributed by atoms with E-state index in [-0.39, 0.29) is 17.5 Å². The van der Waals surface area contributed by atoms with Gasteiger partial charge in [-0.1, -0.05) is 25.1 Å². The van der Waals surface area contributed by atoms with Crippen LogP contribution in [0.25, 0.3) is 0 Å². The highest BCUT2D eigenvalue weighted by Crippen LogP contribution is 2.29. The Morgan fingerprint density at radius 3 is 2.42 bits per heavy atom. The van der Waals surface area contributed by atoms with Gasteiger partial charge in [-0.15, -0.1) is 0 Å². The maximum absolute atomic E-state index is 12.5. The van der Waals surface area contributed by atoms with Crippen LogP contribution in [0.15, 0.2) is 48.5 Å². The van der Waals surface area contributed by atoms with Crippen LogP contribution in [0.2, 0.25) is 0 Å². The molecule has 2 rings (SSSR count). The Morgan fingerprint density at radius 2 is 1.83 bits per heavy atom. The summed E-state index contributed by atoms with van der Waals surface area (Å²) in [6.45, 7) is 1.97. The van der Waals surface area contributed by atoms with Crippen LogP contribution in [0.1, 0.15) is 24.8 Å². The second-order valence-corrected chi connectivity index (χ2v) is 5.57. The van der Waals surface area contributed by atoms with Gasteiger partial charge in [0.1, 0.15) is 5.75 Å². The highest BCUT2D eigenvalue weighted by molar-refractivity contribution is 5.93. The molecule has 1 atom stereocenters. The van der Waals surface area contributed by atoms with Crippen LogP contribution in [-0.2, 0) is 4.79 Å². The Kier molecular flexibility index (Phi) is 5.52. The molecule has 0 radical (unpaired) electrons. The molecule has 126 valence electrons. The fourth-order valence-corrected chi connectivity index (χ4v) is 2.52. The summed E-state index contributed by atoms with van der Waals surface area (Å²) in [7, 11) is 3.27. The van der Waals surface area contributed by atoms with Crippen LogP contribution in [0.3, 0.4) is 0 Å². The first kappa shape index (κ1) is 17.5. The first-order valence-corrected chi connectivity index (χ1v) is 7.58.